The van der Waals surface area contributed by atoms with E-state index in [1.807, 2.05) is 25.1 Å². The van der Waals surface area contributed by atoms with Crippen molar-refractivity contribution in [1.29, 1.82) is 0 Å². The van der Waals surface area contributed by atoms with Crippen molar-refractivity contribution < 1.29 is 14.3 Å². The number of hydrogen-bond acceptors (Lipinski definition) is 4. The van der Waals surface area contributed by atoms with Crippen LogP contribution < -0.4 is 10.1 Å². The molecule has 0 spiro atoms. The third-order valence-corrected chi connectivity index (χ3v) is 6.60. The summed E-state index contributed by atoms with van der Waals surface area (Å²) >= 11 is 5.94. The lowest BCUT2D eigenvalue weighted by molar-refractivity contribution is -0.115. The number of carbonyl (C=O) groups is 2. The summed E-state index contributed by atoms with van der Waals surface area (Å²) in [5.74, 6) is 0.598. The molecular weight excluding hydrogens is 438 g/mol. The van der Waals surface area contributed by atoms with Crippen LogP contribution >= 0.6 is 11.6 Å². The first kappa shape index (κ1) is 23.3. The molecule has 1 aliphatic heterocycles. The molecule has 0 bridgehead atoms. The fourth-order valence-electron chi connectivity index (χ4n) is 4.58. The van der Waals surface area contributed by atoms with Gasteiger partial charge >= 0.3 is 0 Å². The standard InChI is InChI=1S/C26H30ClN3O3/c1-18-22(17-25(31)28-20-8-6-19(27)7-9-20)23-16-21(33-2)10-11-24(23)30(18)26(32)12-15-29-13-4-3-5-14-29/h6-11,16H,3-5,12-15,17H2,1-2H3,(H,28,31). The van der Waals surface area contributed by atoms with Gasteiger partial charge in [-0.1, -0.05) is 18.0 Å². The van der Waals surface area contributed by atoms with Crippen LogP contribution in [0.4, 0.5) is 5.69 Å². The fraction of sp³-hybridized carbons (Fsp3) is 0.385. The minimum atomic E-state index is -0.150. The highest BCUT2D eigenvalue weighted by Crippen LogP contribution is 2.30. The number of nitrogens with one attached hydrogen (secondary N) is 1. The van der Waals surface area contributed by atoms with Gasteiger partial charge in [0.2, 0.25) is 11.8 Å². The number of methoxy groups -OCH3 is 1. The Kier molecular flexibility index (Phi) is 7.36. The quantitative estimate of drug-likeness (QED) is 0.511. The highest BCUT2D eigenvalue weighted by Gasteiger charge is 2.22. The molecule has 2 heterocycles. The van der Waals surface area contributed by atoms with Crippen molar-refractivity contribution in [3.63, 3.8) is 0 Å². The van der Waals surface area contributed by atoms with Crippen molar-refractivity contribution >= 4 is 40.0 Å². The van der Waals surface area contributed by atoms with Crippen molar-refractivity contribution in [3.8, 4) is 5.75 Å². The molecule has 7 heteroatoms. The number of hydrogen-bond donors (Lipinski definition) is 1. The zero-order chi connectivity index (χ0) is 23.4. The number of aromatic nitrogens is 1. The number of piperidine rings is 1. The first-order valence-electron chi connectivity index (χ1n) is 11.4. The van der Waals surface area contributed by atoms with Gasteiger partial charge < -0.3 is 15.0 Å². The number of fused-ring (bicyclic) bond motifs is 1. The van der Waals surface area contributed by atoms with E-state index in [4.69, 9.17) is 16.3 Å². The molecule has 6 nitrogen and oxygen atoms in total. The first-order valence-corrected chi connectivity index (χ1v) is 11.8. The van der Waals surface area contributed by atoms with Crippen LogP contribution in [0.25, 0.3) is 10.9 Å². The molecule has 2 aromatic carbocycles. The molecule has 0 aliphatic carbocycles. The lowest BCUT2D eigenvalue weighted by Crippen LogP contribution is -2.32. The SMILES string of the molecule is COc1ccc2c(c1)c(CC(=O)Nc1ccc(Cl)cc1)c(C)n2C(=O)CCN1CCCCC1. The Bertz CT molecular complexity index is 1150. The molecule has 1 amide bonds. The molecule has 1 fully saturated rings. The van der Waals surface area contributed by atoms with E-state index in [0.29, 0.717) is 22.9 Å². The summed E-state index contributed by atoms with van der Waals surface area (Å²) < 4.78 is 7.18. The molecular formula is C26H30ClN3O3. The van der Waals surface area contributed by atoms with Crippen molar-refractivity contribution in [2.75, 3.05) is 32.1 Å². The van der Waals surface area contributed by atoms with E-state index in [1.165, 1.54) is 19.3 Å². The molecule has 0 saturated carbocycles. The first-order chi connectivity index (χ1) is 16.0. The summed E-state index contributed by atoms with van der Waals surface area (Å²) in [7, 11) is 1.61. The Morgan fingerprint density at radius 3 is 2.48 bits per heavy atom. The van der Waals surface area contributed by atoms with Crippen LogP contribution in [0.1, 0.15) is 41.7 Å². The molecule has 1 aromatic heterocycles. The maximum atomic E-state index is 13.3. The van der Waals surface area contributed by atoms with Crippen molar-refractivity contribution in [2.45, 2.75) is 39.0 Å². The molecule has 0 atom stereocenters. The maximum absolute atomic E-state index is 13.3. The number of halogens is 1. The van der Waals surface area contributed by atoms with E-state index >= 15 is 0 Å². The lowest BCUT2D eigenvalue weighted by Gasteiger charge is -2.26. The van der Waals surface area contributed by atoms with Crippen LogP contribution in [0, 0.1) is 6.92 Å². The van der Waals surface area contributed by atoms with Crippen molar-refractivity contribution in [1.82, 2.24) is 9.47 Å². The Hall–Kier alpha value is -2.83. The molecule has 174 valence electrons. The summed E-state index contributed by atoms with van der Waals surface area (Å²) in [6.45, 7) is 4.80. The lowest BCUT2D eigenvalue weighted by atomic mass is 10.1. The minimum Gasteiger partial charge on any atom is -0.497 e. The second-order valence-electron chi connectivity index (χ2n) is 8.56. The highest BCUT2D eigenvalue weighted by atomic mass is 35.5. The number of nitrogens with zero attached hydrogens (tertiary/aromatic N) is 2. The monoisotopic (exact) mass is 467 g/mol. The van der Waals surface area contributed by atoms with Gasteiger partial charge in [0.1, 0.15) is 5.75 Å². The van der Waals surface area contributed by atoms with Gasteiger partial charge in [-0.3, -0.25) is 14.2 Å². The van der Waals surface area contributed by atoms with E-state index in [1.54, 1.807) is 35.9 Å². The summed E-state index contributed by atoms with van der Waals surface area (Å²) in [6.07, 6.45) is 4.28. The van der Waals surface area contributed by atoms with Crippen molar-refractivity contribution in [3.05, 3.63) is 58.7 Å². The van der Waals surface area contributed by atoms with Gasteiger partial charge in [0.05, 0.1) is 19.0 Å². The Morgan fingerprint density at radius 2 is 1.79 bits per heavy atom. The van der Waals surface area contributed by atoms with Gasteiger partial charge in [-0.15, -0.1) is 0 Å². The van der Waals surface area contributed by atoms with Crippen LogP contribution in [-0.2, 0) is 11.2 Å². The zero-order valence-electron chi connectivity index (χ0n) is 19.2. The molecule has 1 N–H and O–H groups in total. The molecule has 1 aliphatic rings. The Morgan fingerprint density at radius 1 is 1.06 bits per heavy atom. The molecule has 33 heavy (non-hydrogen) atoms. The number of amides is 1. The molecule has 4 rings (SSSR count). The summed E-state index contributed by atoms with van der Waals surface area (Å²) in [6, 6.07) is 12.7. The van der Waals surface area contributed by atoms with Crippen LogP contribution in [0.15, 0.2) is 42.5 Å². The molecule has 0 unspecified atom stereocenters. The number of likely N-dealkylation sites (tertiary alicyclic amines) is 1. The largest absolute Gasteiger partial charge is 0.497 e. The second-order valence-corrected chi connectivity index (χ2v) is 9.00. The van der Waals surface area contributed by atoms with E-state index in [0.717, 1.165) is 41.8 Å². The van der Waals surface area contributed by atoms with Crippen molar-refractivity contribution in [2.24, 2.45) is 0 Å². The maximum Gasteiger partial charge on any atom is 0.232 e. The van der Waals surface area contributed by atoms with Crippen LogP contribution in [0.2, 0.25) is 5.02 Å². The predicted octanol–water partition coefficient (Wildman–Crippen LogP) is 5.31. The summed E-state index contributed by atoms with van der Waals surface area (Å²) in [5.41, 5.74) is 3.13. The number of carbonyl (C=O) groups excluding carboxylic acids is 2. The Labute approximate surface area is 199 Å². The normalized spacial score (nSPS) is 14.4. The summed E-state index contributed by atoms with van der Waals surface area (Å²) in [5, 5.41) is 4.39. The third kappa shape index (κ3) is 5.40. The number of benzene rings is 2. The average molecular weight is 468 g/mol. The number of rotatable bonds is 7. The van der Waals surface area contributed by atoms with Crippen LogP contribution in [-0.4, -0.2) is 48.0 Å². The summed E-state index contributed by atoms with van der Waals surface area (Å²) in [4.78, 5) is 28.5. The van der Waals surface area contributed by atoms with E-state index in [-0.39, 0.29) is 18.2 Å². The minimum absolute atomic E-state index is 0.0533. The molecule has 3 aromatic rings. The van der Waals surface area contributed by atoms with E-state index in [2.05, 4.69) is 10.2 Å². The number of anilines is 1. The van der Waals surface area contributed by atoms with E-state index in [9.17, 15) is 9.59 Å². The van der Waals surface area contributed by atoms with Gasteiger partial charge in [0.25, 0.3) is 0 Å². The third-order valence-electron chi connectivity index (χ3n) is 6.35. The Balaban J connectivity index is 1.59. The van der Waals surface area contributed by atoms with E-state index < -0.39 is 0 Å². The van der Waals surface area contributed by atoms with Gasteiger partial charge in [-0.2, -0.15) is 0 Å². The topological polar surface area (TPSA) is 63.6 Å². The van der Waals surface area contributed by atoms with Gasteiger partial charge in [-0.25, -0.2) is 0 Å². The van der Waals surface area contributed by atoms with Gasteiger partial charge in [0, 0.05) is 34.8 Å². The fourth-order valence-corrected chi connectivity index (χ4v) is 4.71. The highest BCUT2D eigenvalue weighted by molar-refractivity contribution is 6.30. The van der Waals surface area contributed by atoms with Crippen LogP contribution in [0.5, 0.6) is 5.75 Å². The van der Waals surface area contributed by atoms with Gasteiger partial charge in [-0.05, 0) is 80.9 Å². The number of ether oxygens (including phenoxy) is 1. The average Bonchev–Trinajstić information content (AvgIpc) is 3.10. The van der Waals surface area contributed by atoms with Gasteiger partial charge in [0.15, 0.2) is 0 Å². The molecule has 1 saturated heterocycles. The zero-order valence-corrected chi connectivity index (χ0v) is 20.0. The smallest absolute Gasteiger partial charge is 0.232 e. The second kappa shape index (κ2) is 10.4. The van der Waals surface area contributed by atoms with Crippen LogP contribution in [0.3, 0.4) is 0 Å². The molecule has 0 radical (unpaired) electrons. The predicted molar refractivity (Wildman–Crippen MR) is 133 cm³/mol.